The fraction of sp³-hybridized carbons (Fsp3) is 0.387. The normalized spacial score (nSPS) is 21.3. The third-order valence-electron chi connectivity index (χ3n) is 8.23. The predicted molar refractivity (Wildman–Crippen MR) is 145 cm³/mol. The Hall–Kier alpha value is -3.31. The summed E-state index contributed by atoms with van der Waals surface area (Å²) in [5.41, 5.74) is 15.8. The fourth-order valence-corrected chi connectivity index (χ4v) is 6.16. The number of nitrogens with one attached hydrogen (secondary N) is 2. The molecule has 0 fully saturated rings. The van der Waals surface area contributed by atoms with Crippen LogP contribution in [0.3, 0.4) is 0 Å². The van der Waals surface area contributed by atoms with Gasteiger partial charge in [-0.2, -0.15) is 0 Å². The lowest BCUT2D eigenvalue weighted by Gasteiger charge is -2.29. The maximum absolute atomic E-state index is 13.1. The van der Waals surface area contributed by atoms with Crippen molar-refractivity contribution in [1.82, 2.24) is 5.32 Å². The zero-order valence-electron chi connectivity index (χ0n) is 21.5. The van der Waals surface area contributed by atoms with Crippen LogP contribution in [-0.4, -0.2) is 23.6 Å². The highest BCUT2D eigenvalue weighted by Gasteiger charge is 2.30. The van der Waals surface area contributed by atoms with Gasteiger partial charge in [0.1, 0.15) is 5.75 Å². The van der Waals surface area contributed by atoms with Gasteiger partial charge in [-0.25, -0.2) is 0 Å². The Bertz CT molecular complexity index is 1260. The van der Waals surface area contributed by atoms with Gasteiger partial charge in [0, 0.05) is 12.2 Å². The van der Waals surface area contributed by atoms with Gasteiger partial charge in [-0.3, -0.25) is 4.79 Å². The number of fused-ring (bicyclic) bond motifs is 2. The lowest BCUT2D eigenvalue weighted by atomic mass is 9.87. The molecule has 1 heterocycles. The van der Waals surface area contributed by atoms with Gasteiger partial charge >= 0.3 is 0 Å². The molecule has 5 nitrogen and oxygen atoms in total. The highest BCUT2D eigenvalue weighted by atomic mass is 16.3. The zero-order valence-corrected chi connectivity index (χ0v) is 21.5. The first-order chi connectivity index (χ1) is 17.3. The molecule has 0 aromatic heterocycles. The minimum atomic E-state index is -0.647. The standard InChI is InChI=1S/C31H37N3O2/c1-18-12-24(35)13-19(2)26(18)17-28(32)31(36)34-30-10-11-33-29-9-8-21(15-27(29)30)14-23-16-22-6-4-5-7-25(22)20(23)3/h4-9,12-13,15,20,23,28,30,33,35H,10-11,14,16-17,32H2,1-3H3,(H,34,36)/t20?,23?,28-,30+/m0/s1. The molecular formula is C31H37N3O2. The van der Waals surface area contributed by atoms with Gasteiger partial charge in [0.15, 0.2) is 0 Å². The summed E-state index contributed by atoms with van der Waals surface area (Å²) in [5, 5.41) is 16.6. The summed E-state index contributed by atoms with van der Waals surface area (Å²) < 4.78 is 0. The Morgan fingerprint density at radius 2 is 1.86 bits per heavy atom. The molecule has 5 N–H and O–H groups in total. The summed E-state index contributed by atoms with van der Waals surface area (Å²) in [6.45, 7) is 7.05. The second-order valence-corrected chi connectivity index (χ2v) is 10.7. The molecule has 0 radical (unpaired) electrons. The summed E-state index contributed by atoms with van der Waals surface area (Å²) in [5.74, 6) is 1.25. The highest BCUT2D eigenvalue weighted by molar-refractivity contribution is 5.82. The van der Waals surface area contributed by atoms with E-state index in [1.165, 1.54) is 16.7 Å². The van der Waals surface area contributed by atoms with E-state index in [-0.39, 0.29) is 17.7 Å². The van der Waals surface area contributed by atoms with E-state index in [1.807, 2.05) is 13.8 Å². The van der Waals surface area contributed by atoms with Gasteiger partial charge in [0.05, 0.1) is 12.1 Å². The van der Waals surface area contributed by atoms with Crippen LogP contribution in [0.5, 0.6) is 5.75 Å². The molecule has 1 amide bonds. The molecule has 36 heavy (non-hydrogen) atoms. The summed E-state index contributed by atoms with van der Waals surface area (Å²) in [4.78, 5) is 13.1. The number of carbonyl (C=O) groups excluding carboxylic acids is 1. The molecule has 5 heteroatoms. The van der Waals surface area contributed by atoms with Gasteiger partial charge in [-0.05, 0) is 109 Å². The van der Waals surface area contributed by atoms with Gasteiger partial charge in [-0.1, -0.05) is 43.3 Å². The minimum absolute atomic E-state index is 0.0556. The Balaban J connectivity index is 1.28. The Morgan fingerprint density at radius 3 is 2.61 bits per heavy atom. The van der Waals surface area contributed by atoms with Gasteiger partial charge in [0.25, 0.3) is 0 Å². The molecule has 4 atom stereocenters. The van der Waals surface area contributed by atoms with Crippen molar-refractivity contribution in [3.8, 4) is 5.75 Å². The van der Waals surface area contributed by atoms with E-state index in [1.54, 1.807) is 12.1 Å². The first-order valence-corrected chi connectivity index (χ1v) is 13.1. The zero-order chi connectivity index (χ0) is 25.4. The first-order valence-electron chi connectivity index (χ1n) is 13.1. The van der Waals surface area contributed by atoms with Crippen LogP contribution in [-0.2, 0) is 24.1 Å². The molecule has 0 saturated heterocycles. The molecule has 2 unspecified atom stereocenters. The summed E-state index contributed by atoms with van der Waals surface area (Å²) >= 11 is 0. The van der Waals surface area contributed by atoms with Crippen LogP contribution in [0.2, 0.25) is 0 Å². The number of hydrogen-bond donors (Lipinski definition) is 4. The Kier molecular flexibility index (Phi) is 6.76. The Labute approximate surface area is 214 Å². The number of phenols is 1. The van der Waals surface area contributed by atoms with E-state index in [9.17, 15) is 9.90 Å². The number of amides is 1. The Morgan fingerprint density at radius 1 is 1.11 bits per heavy atom. The van der Waals surface area contributed by atoms with Crippen LogP contribution in [0, 0.1) is 19.8 Å². The molecule has 0 bridgehead atoms. The van der Waals surface area contributed by atoms with Crippen LogP contribution in [0.15, 0.2) is 54.6 Å². The maximum Gasteiger partial charge on any atom is 0.237 e. The van der Waals surface area contributed by atoms with Gasteiger partial charge in [0.2, 0.25) is 5.91 Å². The van der Waals surface area contributed by atoms with Crippen molar-refractivity contribution in [3.63, 3.8) is 0 Å². The number of aryl methyl sites for hydroxylation is 2. The lowest BCUT2D eigenvalue weighted by molar-refractivity contribution is -0.123. The van der Waals surface area contributed by atoms with Crippen molar-refractivity contribution in [2.75, 3.05) is 11.9 Å². The molecular weight excluding hydrogens is 446 g/mol. The van der Waals surface area contributed by atoms with Gasteiger partial charge in [-0.15, -0.1) is 0 Å². The smallest absolute Gasteiger partial charge is 0.237 e. The van der Waals surface area contributed by atoms with Crippen molar-refractivity contribution >= 4 is 11.6 Å². The van der Waals surface area contributed by atoms with E-state index in [0.717, 1.165) is 53.7 Å². The van der Waals surface area contributed by atoms with E-state index in [2.05, 4.69) is 60.0 Å². The third-order valence-corrected chi connectivity index (χ3v) is 8.23. The number of aromatic hydroxyl groups is 1. The first kappa shape index (κ1) is 24.4. The monoisotopic (exact) mass is 483 g/mol. The van der Waals surface area contributed by atoms with Crippen LogP contribution in [0.1, 0.15) is 64.2 Å². The lowest BCUT2D eigenvalue weighted by Crippen LogP contribution is -2.44. The summed E-state index contributed by atoms with van der Waals surface area (Å²) in [7, 11) is 0. The molecule has 2 aliphatic rings. The van der Waals surface area contributed by atoms with Crippen molar-refractivity contribution in [2.24, 2.45) is 11.7 Å². The average molecular weight is 484 g/mol. The maximum atomic E-state index is 13.1. The number of phenolic OH excluding ortho intramolecular Hbond substituents is 1. The topological polar surface area (TPSA) is 87.4 Å². The largest absolute Gasteiger partial charge is 0.508 e. The molecule has 188 valence electrons. The molecule has 1 aliphatic carbocycles. The van der Waals surface area contributed by atoms with Crippen molar-refractivity contribution in [1.29, 1.82) is 0 Å². The molecule has 3 aromatic carbocycles. The number of rotatable bonds is 6. The number of carbonyl (C=O) groups is 1. The summed E-state index contributed by atoms with van der Waals surface area (Å²) in [6.07, 6.45) is 3.43. The number of anilines is 1. The molecule has 0 spiro atoms. The van der Waals surface area contributed by atoms with Crippen LogP contribution >= 0.6 is 0 Å². The highest BCUT2D eigenvalue weighted by Crippen LogP contribution is 2.40. The van der Waals surface area contributed by atoms with Crippen molar-refractivity contribution < 1.29 is 9.90 Å². The van der Waals surface area contributed by atoms with Gasteiger partial charge < -0.3 is 21.5 Å². The number of nitrogens with two attached hydrogens (primary N) is 1. The quantitative estimate of drug-likeness (QED) is 0.394. The SMILES string of the molecule is Cc1cc(O)cc(C)c1C[C@H](N)C(=O)N[C@@H]1CCNc2ccc(CC3Cc4ccccc4C3C)cc21. The van der Waals surface area contributed by atoms with E-state index >= 15 is 0 Å². The van der Waals surface area contributed by atoms with Crippen molar-refractivity contribution in [2.45, 2.75) is 64.5 Å². The third kappa shape index (κ3) is 4.85. The fourth-order valence-electron chi connectivity index (χ4n) is 6.16. The molecule has 3 aromatic rings. The van der Waals surface area contributed by atoms with Crippen molar-refractivity contribution in [3.05, 3.63) is 93.5 Å². The summed E-state index contributed by atoms with van der Waals surface area (Å²) in [6, 6.07) is 18.2. The predicted octanol–water partition coefficient (Wildman–Crippen LogP) is 5.07. The number of hydrogen-bond acceptors (Lipinski definition) is 4. The van der Waals surface area contributed by atoms with Crippen LogP contribution < -0.4 is 16.4 Å². The number of benzene rings is 3. The van der Waals surface area contributed by atoms with E-state index in [0.29, 0.717) is 18.3 Å². The van der Waals surface area contributed by atoms with Crippen LogP contribution in [0.25, 0.3) is 0 Å². The van der Waals surface area contributed by atoms with E-state index < -0.39 is 6.04 Å². The average Bonchev–Trinajstić information content (AvgIpc) is 3.16. The second-order valence-electron chi connectivity index (χ2n) is 10.7. The molecule has 1 aliphatic heterocycles. The molecule has 5 rings (SSSR count). The van der Waals surface area contributed by atoms with E-state index in [4.69, 9.17) is 5.73 Å². The van der Waals surface area contributed by atoms with Crippen LogP contribution in [0.4, 0.5) is 5.69 Å². The second kappa shape index (κ2) is 9.98. The minimum Gasteiger partial charge on any atom is -0.508 e. The molecule has 0 saturated carbocycles.